The van der Waals surface area contributed by atoms with E-state index in [9.17, 15) is 19.7 Å². The Morgan fingerprint density at radius 3 is 2.86 bits per heavy atom. The summed E-state index contributed by atoms with van der Waals surface area (Å²) < 4.78 is 0. The van der Waals surface area contributed by atoms with Crippen molar-refractivity contribution in [1.82, 2.24) is 9.97 Å². The number of hydrogen-bond acceptors (Lipinski definition) is 7. The SMILES string of the molecule is C[C@H]1CCc2c(sc3nc(SCC(=O)c4ccc([N+](=O)[O-])cc4)[nH]c(=O)c23)C1. The third-order valence-corrected chi connectivity index (χ3v) is 6.91. The normalized spacial score (nSPS) is 16.1. The van der Waals surface area contributed by atoms with Gasteiger partial charge in [-0.25, -0.2) is 4.98 Å². The van der Waals surface area contributed by atoms with Gasteiger partial charge in [-0.1, -0.05) is 18.7 Å². The van der Waals surface area contributed by atoms with Crippen LogP contribution >= 0.6 is 23.1 Å². The van der Waals surface area contributed by atoms with Crippen molar-refractivity contribution in [3.05, 3.63) is 60.7 Å². The van der Waals surface area contributed by atoms with Crippen molar-refractivity contribution in [1.29, 1.82) is 0 Å². The maximum atomic E-state index is 12.6. The largest absolute Gasteiger partial charge is 0.301 e. The van der Waals surface area contributed by atoms with E-state index in [1.54, 1.807) is 11.3 Å². The number of fused-ring (bicyclic) bond motifs is 3. The third-order valence-electron chi connectivity index (χ3n) is 4.88. The number of carbonyl (C=O) groups excluding carboxylic acids is 1. The van der Waals surface area contributed by atoms with Crippen LogP contribution in [0.4, 0.5) is 5.69 Å². The molecule has 7 nitrogen and oxygen atoms in total. The number of carbonyl (C=O) groups is 1. The van der Waals surface area contributed by atoms with Crippen molar-refractivity contribution in [3.8, 4) is 0 Å². The van der Waals surface area contributed by atoms with Crippen molar-refractivity contribution in [2.24, 2.45) is 5.92 Å². The second-order valence-electron chi connectivity index (χ2n) is 6.92. The number of aromatic amines is 1. The Bertz CT molecular complexity index is 1130. The van der Waals surface area contributed by atoms with E-state index in [1.165, 1.54) is 40.9 Å². The van der Waals surface area contributed by atoms with Crippen LogP contribution in [-0.4, -0.2) is 26.4 Å². The minimum atomic E-state index is -0.506. The Morgan fingerprint density at radius 1 is 1.39 bits per heavy atom. The highest BCUT2D eigenvalue weighted by atomic mass is 32.2. The molecule has 0 saturated heterocycles. The molecule has 9 heteroatoms. The van der Waals surface area contributed by atoms with E-state index in [0.717, 1.165) is 29.7 Å². The van der Waals surface area contributed by atoms with Gasteiger partial charge in [0.05, 0.1) is 16.1 Å². The molecule has 0 fully saturated rings. The minimum absolute atomic E-state index is 0.0587. The second-order valence-corrected chi connectivity index (χ2v) is 8.97. The molecule has 1 aliphatic carbocycles. The van der Waals surface area contributed by atoms with Crippen LogP contribution < -0.4 is 5.56 Å². The van der Waals surface area contributed by atoms with Crippen LogP contribution in [0.5, 0.6) is 0 Å². The summed E-state index contributed by atoms with van der Waals surface area (Å²) in [5, 5.41) is 11.8. The van der Waals surface area contributed by atoms with Crippen LogP contribution in [0.25, 0.3) is 10.2 Å². The lowest BCUT2D eigenvalue weighted by Gasteiger charge is -2.17. The number of H-pyrrole nitrogens is 1. The number of aryl methyl sites for hydroxylation is 1. The highest BCUT2D eigenvalue weighted by Gasteiger charge is 2.23. The van der Waals surface area contributed by atoms with Gasteiger partial charge in [0.25, 0.3) is 11.2 Å². The molecule has 0 saturated carbocycles. The van der Waals surface area contributed by atoms with E-state index < -0.39 is 4.92 Å². The summed E-state index contributed by atoms with van der Waals surface area (Å²) in [6.45, 7) is 2.22. The first kappa shape index (κ1) is 18.8. The smallest absolute Gasteiger partial charge is 0.269 e. The molecule has 0 radical (unpaired) electrons. The zero-order valence-corrected chi connectivity index (χ0v) is 16.7. The quantitative estimate of drug-likeness (QED) is 0.222. The Labute approximate surface area is 168 Å². The number of nitrogens with zero attached hydrogens (tertiary/aromatic N) is 2. The molecule has 1 aromatic carbocycles. The van der Waals surface area contributed by atoms with Crippen LogP contribution in [0.15, 0.2) is 34.2 Å². The first-order valence-corrected chi connectivity index (χ1v) is 10.7. The molecule has 3 aromatic rings. The lowest BCUT2D eigenvalue weighted by Crippen LogP contribution is -2.13. The highest BCUT2D eigenvalue weighted by Crippen LogP contribution is 2.36. The van der Waals surface area contributed by atoms with Crippen molar-refractivity contribution in [2.75, 3.05) is 5.75 Å². The number of nitro groups is 1. The number of ketones is 1. The monoisotopic (exact) mass is 415 g/mol. The van der Waals surface area contributed by atoms with Crippen molar-refractivity contribution >= 4 is 44.8 Å². The molecule has 1 N–H and O–H groups in total. The van der Waals surface area contributed by atoms with Gasteiger partial charge in [0.2, 0.25) is 0 Å². The Hall–Kier alpha value is -2.52. The molecule has 0 spiro atoms. The first-order valence-electron chi connectivity index (χ1n) is 8.87. The summed E-state index contributed by atoms with van der Waals surface area (Å²) in [7, 11) is 0. The van der Waals surface area contributed by atoms with Gasteiger partial charge < -0.3 is 4.98 Å². The fraction of sp³-hybridized carbons (Fsp3) is 0.316. The summed E-state index contributed by atoms with van der Waals surface area (Å²) in [5.41, 5.74) is 1.31. The molecule has 28 heavy (non-hydrogen) atoms. The maximum Gasteiger partial charge on any atom is 0.269 e. The number of nitro benzene ring substituents is 1. The number of rotatable bonds is 5. The van der Waals surface area contributed by atoms with E-state index in [1.807, 2.05) is 0 Å². The van der Waals surface area contributed by atoms with Crippen LogP contribution in [0.1, 0.15) is 34.1 Å². The number of Topliss-reactive ketones (excluding diaryl/α,β-unsaturated/α-hetero) is 1. The second kappa shape index (κ2) is 7.48. The van der Waals surface area contributed by atoms with Crippen LogP contribution in [0, 0.1) is 16.0 Å². The number of benzene rings is 1. The summed E-state index contributed by atoms with van der Waals surface area (Å²) in [6.07, 6.45) is 2.97. The van der Waals surface area contributed by atoms with Gasteiger partial charge in [0.1, 0.15) is 4.83 Å². The maximum absolute atomic E-state index is 12.6. The third kappa shape index (κ3) is 3.59. The zero-order chi connectivity index (χ0) is 19.8. The number of aromatic nitrogens is 2. The summed E-state index contributed by atoms with van der Waals surface area (Å²) in [6, 6.07) is 5.49. The molecule has 2 heterocycles. The summed E-state index contributed by atoms with van der Waals surface area (Å²) in [4.78, 5) is 44.4. The summed E-state index contributed by atoms with van der Waals surface area (Å²) in [5.74, 6) is 0.531. The van der Waals surface area contributed by atoms with E-state index in [2.05, 4.69) is 16.9 Å². The molecule has 0 amide bonds. The Kier molecular flexibility index (Phi) is 5.03. The van der Waals surface area contributed by atoms with E-state index >= 15 is 0 Å². The van der Waals surface area contributed by atoms with Gasteiger partial charge in [0, 0.05) is 22.6 Å². The van der Waals surface area contributed by atoms with E-state index in [0.29, 0.717) is 22.0 Å². The van der Waals surface area contributed by atoms with Crippen LogP contribution in [0.2, 0.25) is 0 Å². The van der Waals surface area contributed by atoms with Gasteiger partial charge in [-0.2, -0.15) is 0 Å². The first-order chi connectivity index (χ1) is 13.4. The topological polar surface area (TPSA) is 106 Å². The molecule has 4 rings (SSSR count). The number of thioether (sulfide) groups is 1. The fourth-order valence-electron chi connectivity index (χ4n) is 3.38. The molecule has 0 aliphatic heterocycles. The average Bonchev–Trinajstić information content (AvgIpc) is 3.03. The molecule has 1 aliphatic rings. The van der Waals surface area contributed by atoms with Crippen LogP contribution in [-0.2, 0) is 12.8 Å². The minimum Gasteiger partial charge on any atom is -0.301 e. The fourth-order valence-corrected chi connectivity index (χ4v) is 5.58. The number of hydrogen-bond donors (Lipinski definition) is 1. The average molecular weight is 415 g/mol. The number of nitrogens with one attached hydrogen (secondary N) is 1. The lowest BCUT2D eigenvalue weighted by atomic mass is 9.89. The van der Waals surface area contributed by atoms with Gasteiger partial charge in [-0.15, -0.1) is 11.3 Å². The van der Waals surface area contributed by atoms with Gasteiger partial charge in [-0.3, -0.25) is 19.7 Å². The molecule has 0 bridgehead atoms. The van der Waals surface area contributed by atoms with Crippen molar-refractivity contribution in [2.45, 2.75) is 31.3 Å². The molecule has 144 valence electrons. The van der Waals surface area contributed by atoms with E-state index in [-0.39, 0.29) is 22.8 Å². The van der Waals surface area contributed by atoms with Crippen LogP contribution in [0.3, 0.4) is 0 Å². The highest BCUT2D eigenvalue weighted by molar-refractivity contribution is 7.99. The molecule has 0 unspecified atom stereocenters. The van der Waals surface area contributed by atoms with Crippen molar-refractivity contribution in [3.63, 3.8) is 0 Å². The number of thiophene rings is 1. The molecule has 2 aromatic heterocycles. The van der Waals surface area contributed by atoms with Gasteiger partial charge in [-0.05, 0) is 42.9 Å². The van der Waals surface area contributed by atoms with Gasteiger partial charge in [0.15, 0.2) is 10.9 Å². The predicted octanol–water partition coefficient (Wildman–Crippen LogP) is 3.99. The van der Waals surface area contributed by atoms with Crippen molar-refractivity contribution < 1.29 is 9.72 Å². The molecular weight excluding hydrogens is 398 g/mol. The zero-order valence-electron chi connectivity index (χ0n) is 15.1. The van der Waals surface area contributed by atoms with E-state index in [4.69, 9.17) is 0 Å². The Balaban J connectivity index is 1.53. The summed E-state index contributed by atoms with van der Waals surface area (Å²) >= 11 is 2.74. The molecule has 1 atom stereocenters. The molecular formula is C19H17N3O4S2. The Morgan fingerprint density at radius 2 is 2.14 bits per heavy atom. The predicted molar refractivity (Wildman–Crippen MR) is 110 cm³/mol. The van der Waals surface area contributed by atoms with Gasteiger partial charge >= 0.3 is 0 Å². The number of non-ortho nitro benzene ring substituents is 1. The standard InChI is InChI=1S/C19H17N3O4S2/c1-10-2-7-13-15(8-10)28-18-16(13)17(24)20-19(21-18)27-9-14(23)11-3-5-12(6-4-11)22(25)26/h3-6,10H,2,7-9H2,1H3,(H,20,21,24)/t10-/m0/s1. The lowest BCUT2D eigenvalue weighted by molar-refractivity contribution is -0.384.